The normalized spacial score (nSPS) is 19.9. The van der Waals surface area contributed by atoms with E-state index in [1.165, 1.54) is 71.1 Å². The van der Waals surface area contributed by atoms with Crippen molar-refractivity contribution in [2.24, 2.45) is 0 Å². The number of hydrogen-bond acceptors (Lipinski definition) is 2. The Hall–Kier alpha value is -0.0800. The van der Waals surface area contributed by atoms with Gasteiger partial charge >= 0.3 is 0 Å². The van der Waals surface area contributed by atoms with Crippen molar-refractivity contribution < 1.29 is 0 Å². The highest BCUT2D eigenvalue weighted by Gasteiger charge is 2.09. The van der Waals surface area contributed by atoms with Crippen LogP contribution < -0.4 is 5.32 Å². The van der Waals surface area contributed by atoms with Gasteiger partial charge in [0.05, 0.1) is 0 Å². The van der Waals surface area contributed by atoms with E-state index in [2.05, 4.69) is 24.1 Å². The third-order valence-corrected chi connectivity index (χ3v) is 3.61. The first-order valence-electron chi connectivity index (χ1n) is 7.28. The van der Waals surface area contributed by atoms with Crippen LogP contribution in [0.15, 0.2) is 0 Å². The molecule has 0 radical (unpaired) electrons. The molecular formula is C14H30N2. The highest BCUT2D eigenvalue weighted by molar-refractivity contribution is 4.67. The van der Waals surface area contributed by atoms with Crippen molar-refractivity contribution in [2.45, 2.75) is 64.8 Å². The molecule has 16 heavy (non-hydrogen) atoms. The Morgan fingerprint density at radius 1 is 1.12 bits per heavy atom. The first-order chi connectivity index (χ1) is 7.83. The van der Waals surface area contributed by atoms with Crippen molar-refractivity contribution in [3.63, 3.8) is 0 Å². The Bertz CT molecular complexity index is 153. The van der Waals surface area contributed by atoms with Crippen LogP contribution >= 0.6 is 0 Å². The molecule has 1 aliphatic rings. The second kappa shape index (κ2) is 9.00. The van der Waals surface area contributed by atoms with Crippen LogP contribution in [0.25, 0.3) is 0 Å². The van der Waals surface area contributed by atoms with Gasteiger partial charge in [0.1, 0.15) is 0 Å². The molecule has 1 heterocycles. The lowest BCUT2D eigenvalue weighted by Gasteiger charge is -2.27. The van der Waals surface area contributed by atoms with Crippen molar-refractivity contribution in [1.82, 2.24) is 10.2 Å². The minimum Gasteiger partial charge on any atom is -0.313 e. The van der Waals surface area contributed by atoms with E-state index >= 15 is 0 Å². The van der Waals surface area contributed by atoms with Crippen LogP contribution in [0.5, 0.6) is 0 Å². The standard InChI is InChI=1S/C14H30N2/c1-3-4-6-9-14(2)15-10-13-16-11-7-5-8-12-16/h14-15H,3-13H2,1-2H3. The maximum Gasteiger partial charge on any atom is 0.0107 e. The van der Waals surface area contributed by atoms with Crippen LogP contribution in [0.4, 0.5) is 0 Å². The molecule has 1 rings (SSSR count). The summed E-state index contributed by atoms with van der Waals surface area (Å²) >= 11 is 0. The minimum atomic E-state index is 0.705. The molecule has 2 nitrogen and oxygen atoms in total. The quantitative estimate of drug-likeness (QED) is 0.640. The summed E-state index contributed by atoms with van der Waals surface area (Å²) in [5, 5.41) is 3.65. The second-order valence-corrected chi connectivity index (χ2v) is 5.25. The number of rotatable bonds is 8. The third-order valence-electron chi connectivity index (χ3n) is 3.61. The Morgan fingerprint density at radius 2 is 1.88 bits per heavy atom. The zero-order valence-corrected chi connectivity index (χ0v) is 11.3. The zero-order valence-electron chi connectivity index (χ0n) is 11.3. The molecule has 0 aromatic carbocycles. The lowest BCUT2D eigenvalue weighted by atomic mass is 10.1. The van der Waals surface area contributed by atoms with Gasteiger partial charge in [0.25, 0.3) is 0 Å². The molecule has 1 fully saturated rings. The Balaban J connectivity index is 1.92. The number of hydrogen-bond donors (Lipinski definition) is 1. The van der Waals surface area contributed by atoms with Crippen LogP contribution in [0.1, 0.15) is 58.8 Å². The lowest BCUT2D eigenvalue weighted by Crippen LogP contribution is -2.38. The van der Waals surface area contributed by atoms with E-state index < -0.39 is 0 Å². The van der Waals surface area contributed by atoms with E-state index in [9.17, 15) is 0 Å². The van der Waals surface area contributed by atoms with E-state index in [0.717, 1.165) is 0 Å². The predicted molar refractivity (Wildman–Crippen MR) is 71.9 cm³/mol. The van der Waals surface area contributed by atoms with Crippen LogP contribution in [-0.4, -0.2) is 37.1 Å². The Morgan fingerprint density at radius 3 is 2.56 bits per heavy atom. The van der Waals surface area contributed by atoms with E-state index in [0.29, 0.717) is 6.04 Å². The number of piperidine rings is 1. The fourth-order valence-corrected chi connectivity index (χ4v) is 2.45. The van der Waals surface area contributed by atoms with Gasteiger partial charge in [0, 0.05) is 19.1 Å². The zero-order chi connectivity index (χ0) is 11.6. The molecule has 0 bridgehead atoms. The minimum absolute atomic E-state index is 0.705. The van der Waals surface area contributed by atoms with Crippen LogP contribution in [0.3, 0.4) is 0 Å². The van der Waals surface area contributed by atoms with Gasteiger partial charge in [-0.1, -0.05) is 32.6 Å². The van der Waals surface area contributed by atoms with E-state index in [4.69, 9.17) is 0 Å². The van der Waals surface area contributed by atoms with E-state index in [1.807, 2.05) is 0 Å². The molecule has 1 aliphatic heterocycles. The fourth-order valence-electron chi connectivity index (χ4n) is 2.45. The summed E-state index contributed by atoms with van der Waals surface area (Å²) in [6, 6.07) is 0.705. The number of nitrogens with zero attached hydrogens (tertiary/aromatic N) is 1. The molecule has 0 aromatic heterocycles. The summed E-state index contributed by atoms with van der Waals surface area (Å²) < 4.78 is 0. The van der Waals surface area contributed by atoms with Gasteiger partial charge in [-0.2, -0.15) is 0 Å². The first-order valence-corrected chi connectivity index (χ1v) is 7.28. The predicted octanol–water partition coefficient (Wildman–Crippen LogP) is 3.03. The maximum atomic E-state index is 3.65. The number of nitrogens with one attached hydrogen (secondary N) is 1. The molecule has 1 atom stereocenters. The summed E-state index contributed by atoms with van der Waals surface area (Å²) in [4.78, 5) is 2.61. The Kier molecular flexibility index (Phi) is 7.87. The van der Waals surface area contributed by atoms with Crippen LogP contribution in [0.2, 0.25) is 0 Å². The fraction of sp³-hybridized carbons (Fsp3) is 1.00. The van der Waals surface area contributed by atoms with E-state index in [-0.39, 0.29) is 0 Å². The van der Waals surface area contributed by atoms with Crippen molar-refractivity contribution in [3.8, 4) is 0 Å². The smallest absolute Gasteiger partial charge is 0.0107 e. The highest BCUT2D eigenvalue weighted by atomic mass is 15.1. The molecule has 0 saturated carbocycles. The average molecular weight is 226 g/mol. The summed E-state index contributed by atoms with van der Waals surface area (Å²) in [7, 11) is 0. The summed E-state index contributed by atoms with van der Waals surface area (Å²) in [6.45, 7) is 9.67. The Labute approximate surface area is 102 Å². The van der Waals surface area contributed by atoms with Crippen molar-refractivity contribution in [1.29, 1.82) is 0 Å². The van der Waals surface area contributed by atoms with Gasteiger partial charge in [0.15, 0.2) is 0 Å². The van der Waals surface area contributed by atoms with Gasteiger partial charge in [-0.3, -0.25) is 0 Å². The molecule has 0 aromatic rings. The van der Waals surface area contributed by atoms with Gasteiger partial charge in [0.2, 0.25) is 0 Å². The molecule has 0 aliphatic carbocycles. The van der Waals surface area contributed by atoms with Crippen molar-refractivity contribution in [3.05, 3.63) is 0 Å². The van der Waals surface area contributed by atoms with Gasteiger partial charge in [-0.05, 0) is 39.3 Å². The molecule has 1 N–H and O–H groups in total. The van der Waals surface area contributed by atoms with E-state index in [1.54, 1.807) is 0 Å². The second-order valence-electron chi connectivity index (χ2n) is 5.25. The van der Waals surface area contributed by atoms with Crippen LogP contribution in [0, 0.1) is 0 Å². The SMILES string of the molecule is CCCCCC(C)NCCN1CCCCC1. The lowest BCUT2D eigenvalue weighted by molar-refractivity contribution is 0.226. The van der Waals surface area contributed by atoms with Gasteiger partial charge in [-0.25, -0.2) is 0 Å². The molecule has 0 spiro atoms. The van der Waals surface area contributed by atoms with Gasteiger partial charge in [-0.15, -0.1) is 0 Å². The summed E-state index contributed by atoms with van der Waals surface area (Å²) in [6.07, 6.45) is 9.70. The largest absolute Gasteiger partial charge is 0.313 e. The van der Waals surface area contributed by atoms with Crippen molar-refractivity contribution in [2.75, 3.05) is 26.2 Å². The number of likely N-dealkylation sites (tertiary alicyclic amines) is 1. The molecule has 1 unspecified atom stereocenters. The summed E-state index contributed by atoms with van der Waals surface area (Å²) in [5.74, 6) is 0. The number of unbranched alkanes of at least 4 members (excludes halogenated alkanes) is 2. The van der Waals surface area contributed by atoms with Crippen molar-refractivity contribution >= 4 is 0 Å². The molecule has 0 amide bonds. The first kappa shape index (κ1) is 14.0. The third kappa shape index (κ3) is 6.49. The monoisotopic (exact) mass is 226 g/mol. The summed E-state index contributed by atoms with van der Waals surface area (Å²) in [5.41, 5.74) is 0. The average Bonchev–Trinajstić information content (AvgIpc) is 2.31. The van der Waals surface area contributed by atoms with Gasteiger partial charge < -0.3 is 10.2 Å². The maximum absolute atomic E-state index is 3.65. The topological polar surface area (TPSA) is 15.3 Å². The molecular weight excluding hydrogens is 196 g/mol. The highest BCUT2D eigenvalue weighted by Crippen LogP contribution is 2.07. The molecule has 96 valence electrons. The molecule has 2 heteroatoms. The molecule has 1 saturated heterocycles. The van der Waals surface area contributed by atoms with Crippen LogP contribution in [-0.2, 0) is 0 Å².